The SMILES string of the molecule is CCN(C(=O)c1sc(-c2ccc(C(F)(F)F)cc2)nc1C)[C@@H]1CCS(=O)(=O)C1. The third-order valence-electron chi connectivity index (χ3n) is 4.70. The van der Waals surface area contributed by atoms with Gasteiger partial charge in [0.15, 0.2) is 9.84 Å². The third kappa shape index (κ3) is 4.22. The van der Waals surface area contributed by atoms with E-state index in [0.717, 1.165) is 23.5 Å². The minimum Gasteiger partial charge on any atom is -0.334 e. The Balaban J connectivity index is 1.86. The molecule has 2 aromatic rings. The van der Waals surface area contributed by atoms with E-state index in [0.29, 0.717) is 34.1 Å². The third-order valence-corrected chi connectivity index (χ3v) is 7.65. The number of halogens is 3. The van der Waals surface area contributed by atoms with Crippen molar-refractivity contribution in [3.63, 3.8) is 0 Å². The first-order valence-electron chi connectivity index (χ1n) is 8.68. The van der Waals surface area contributed by atoms with Crippen molar-refractivity contribution in [1.29, 1.82) is 0 Å². The zero-order chi connectivity index (χ0) is 20.7. The van der Waals surface area contributed by atoms with E-state index in [1.165, 1.54) is 12.1 Å². The molecule has 0 aliphatic carbocycles. The van der Waals surface area contributed by atoms with Crippen LogP contribution in [0.15, 0.2) is 24.3 Å². The lowest BCUT2D eigenvalue weighted by Gasteiger charge is -2.26. The summed E-state index contributed by atoms with van der Waals surface area (Å²) in [5, 5.41) is 0.449. The normalized spacial score (nSPS) is 19.0. The van der Waals surface area contributed by atoms with E-state index in [2.05, 4.69) is 4.98 Å². The molecule has 0 saturated carbocycles. The average molecular weight is 432 g/mol. The molecular weight excluding hydrogens is 413 g/mol. The largest absolute Gasteiger partial charge is 0.416 e. The van der Waals surface area contributed by atoms with Crippen molar-refractivity contribution in [2.24, 2.45) is 0 Å². The number of carbonyl (C=O) groups is 1. The number of rotatable bonds is 4. The molecule has 0 bridgehead atoms. The van der Waals surface area contributed by atoms with Crippen molar-refractivity contribution in [1.82, 2.24) is 9.88 Å². The van der Waals surface area contributed by atoms with Gasteiger partial charge in [0, 0.05) is 18.2 Å². The number of aromatic nitrogens is 1. The number of amides is 1. The fourth-order valence-electron chi connectivity index (χ4n) is 3.24. The van der Waals surface area contributed by atoms with Crippen molar-refractivity contribution in [3.8, 4) is 10.6 Å². The quantitative estimate of drug-likeness (QED) is 0.737. The lowest BCUT2D eigenvalue weighted by molar-refractivity contribution is -0.137. The summed E-state index contributed by atoms with van der Waals surface area (Å²) >= 11 is 1.10. The molecule has 1 aromatic carbocycles. The smallest absolute Gasteiger partial charge is 0.334 e. The van der Waals surface area contributed by atoms with E-state index in [-0.39, 0.29) is 23.5 Å². The zero-order valence-corrected chi connectivity index (χ0v) is 16.9. The van der Waals surface area contributed by atoms with E-state index >= 15 is 0 Å². The first-order valence-corrected chi connectivity index (χ1v) is 11.3. The highest BCUT2D eigenvalue weighted by atomic mass is 32.2. The summed E-state index contributed by atoms with van der Waals surface area (Å²) in [6.07, 6.45) is -4.01. The minimum absolute atomic E-state index is 0.0454. The summed E-state index contributed by atoms with van der Waals surface area (Å²) in [5.41, 5.74) is 0.219. The highest BCUT2D eigenvalue weighted by Gasteiger charge is 2.35. The van der Waals surface area contributed by atoms with Crippen LogP contribution in [-0.2, 0) is 16.0 Å². The predicted octanol–water partition coefficient (Wildman–Crippen LogP) is 3.79. The van der Waals surface area contributed by atoms with Gasteiger partial charge in [-0.1, -0.05) is 12.1 Å². The van der Waals surface area contributed by atoms with Crippen LogP contribution in [0.1, 0.15) is 34.3 Å². The monoisotopic (exact) mass is 432 g/mol. The van der Waals surface area contributed by atoms with Crippen LogP contribution in [0.4, 0.5) is 13.2 Å². The molecule has 1 aromatic heterocycles. The molecule has 10 heteroatoms. The van der Waals surface area contributed by atoms with Crippen LogP contribution in [0, 0.1) is 6.92 Å². The standard InChI is InChI=1S/C18H19F3N2O3S2/c1-3-23(14-8-9-28(25,26)10-14)17(24)15-11(2)22-16(27-15)12-4-6-13(7-5-12)18(19,20)21/h4-7,14H,3,8-10H2,1-2H3/t14-/m1/s1. The summed E-state index contributed by atoms with van der Waals surface area (Å²) in [5.74, 6) is -0.270. The molecule has 3 rings (SSSR count). The summed E-state index contributed by atoms with van der Waals surface area (Å²) in [6.45, 7) is 3.82. The van der Waals surface area contributed by atoms with Gasteiger partial charge in [-0.15, -0.1) is 11.3 Å². The molecule has 28 heavy (non-hydrogen) atoms. The zero-order valence-electron chi connectivity index (χ0n) is 15.3. The number of nitrogens with zero attached hydrogens (tertiary/aromatic N) is 2. The molecule has 5 nitrogen and oxygen atoms in total. The maximum Gasteiger partial charge on any atom is 0.416 e. The van der Waals surface area contributed by atoms with Gasteiger partial charge >= 0.3 is 6.18 Å². The van der Waals surface area contributed by atoms with E-state index < -0.39 is 21.6 Å². The van der Waals surface area contributed by atoms with Crippen LogP contribution in [0.5, 0.6) is 0 Å². The molecule has 1 amide bonds. The number of sulfone groups is 1. The Morgan fingerprint density at radius 1 is 1.29 bits per heavy atom. The molecule has 152 valence electrons. The van der Waals surface area contributed by atoms with Gasteiger partial charge < -0.3 is 4.90 Å². The average Bonchev–Trinajstić information content (AvgIpc) is 3.17. The Morgan fingerprint density at radius 2 is 1.93 bits per heavy atom. The summed E-state index contributed by atoms with van der Waals surface area (Å²) in [7, 11) is -3.13. The second-order valence-electron chi connectivity index (χ2n) is 6.66. The lowest BCUT2D eigenvalue weighted by atomic mass is 10.1. The molecule has 1 aliphatic heterocycles. The van der Waals surface area contributed by atoms with Gasteiger partial charge in [0.2, 0.25) is 0 Å². The van der Waals surface area contributed by atoms with Crippen molar-refractivity contribution < 1.29 is 26.4 Å². The van der Waals surface area contributed by atoms with Crippen LogP contribution in [0.3, 0.4) is 0 Å². The van der Waals surface area contributed by atoms with Crippen molar-refractivity contribution in [3.05, 3.63) is 40.4 Å². The maximum absolute atomic E-state index is 13.0. The van der Waals surface area contributed by atoms with E-state index in [1.54, 1.807) is 18.7 Å². The Hall–Kier alpha value is -1.94. The van der Waals surface area contributed by atoms with Crippen LogP contribution in [-0.4, -0.2) is 48.3 Å². The lowest BCUT2D eigenvalue weighted by Crippen LogP contribution is -2.40. The fourth-order valence-corrected chi connectivity index (χ4v) is 6.00. The Morgan fingerprint density at radius 3 is 2.43 bits per heavy atom. The van der Waals surface area contributed by atoms with Gasteiger partial charge in [0.1, 0.15) is 9.88 Å². The number of alkyl halides is 3. The fraction of sp³-hybridized carbons (Fsp3) is 0.444. The summed E-state index contributed by atoms with van der Waals surface area (Å²) in [4.78, 5) is 19.2. The number of aryl methyl sites for hydroxylation is 1. The second-order valence-corrected chi connectivity index (χ2v) is 9.88. The van der Waals surface area contributed by atoms with Crippen LogP contribution in [0.25, 0.3) is 10.6 Å². The molecule has 0 spiro atoms. The molecule has 0 N–H and O–H groups in total. The van der Waals surface area contributed by atoms with Crippen LogP contribution < -0.4 is 0 Å². The number of thiazole rings is 1. The molecule has 1 saturated heterocycles. The van der Waals surface area contributed by atoms with Gasteiger partial charge in [-0.05, 0) is 32.4 Å². The number of hydrogen-bond acceptors (Lipinski definition) is 5. The van der Waals surface area contributed by atoms with Gasteiger partial charge in [0.05, 0.1) is 22.8 Å². The predicted molar refractivity (Wildman–Crippen MR) is 101 cm³/mol. The Labute approximate surface area is 165 Å². The van der Waals surface area contributed by atoms with Crippen LogP contribution in [0.2, 0.25) is 0 Å². The van der Waals surface area contributed by atoms with Crippen molar-refractivity contribution >= 4 is 27.1 Å². The first kappa shape index (κ1) is 20.8. The van der Waals surface area contributed by atoms with E-state index in [4.69, 9.17) is 0 Å². The second kappa shape index (κ2) is 7.47. The Kier molecular flexibility index (Phi) is 5.55. The number of hydrogen-bond donors (Lipinski definition) is 0. The van der Waals surface area contributed by atoms with Gasteiger partial charge in [0.25, 0.3) is 5.91 Å². The van der Waals surface area contributed by atoms with Crippen LogP contribution >= 0.6 is 11.3 Å². The highest BCUT2D eigenvalue weighted by molar-refractivity contribution is 7.91. The van der Waals surface area contributed by atoms with Gasteiger partial charge in [-0.2, -0.15) is 13.2 Å². The topological polar surface area (TPSA) is 67.3 Å². The number of carbonyl (C=O) groups excluding carboxylic acids is 1. The minimum atomic E-state index is -4.41. The molecule has 0 radical (unpaired) electrons. The van der Waals surface area contributed by atoms with E-state index in [9.17, 15) is 26.4 Å². The molecule has 1 fully saturated rings. The molecular formula is C18H19F3N2O3S2. The number of benzene rings is 1. The molecule has 0 unspecified atom stereocenters. The van der Waals surface area contributed by atoms with E-state index in [1.807, 2.05) is 0 Å². The van der Waals surface area contributed by atoms with Crippen molar-refractivity contribution in [2.45, 2.75) is 32.5 Å². The van der Waals surface area contributed by atoms with Gasteiger partial charge in [-0.25, -0.2) is 13.4 Å². The molecule has 1 atom stereocenters. The summed E-state index contributed by atoms with van der Waals surface area (Å²) in [6, 6.07) is 4.26. The van der Waals surface area contributed by atoms with Crippen molar-refractivity contribution in [2.75, 3.05) is 18.1 Å². The molecule has 2 heterocycles. The first-order chi connectivity index (χ1) is 13.0. The molecule has 1 aliphatic rings. The van der Waals surface area contributed by atoms with Gasteiger partial charge in [-0.3, -0.25) is 4.79 Å². The summed E-state index contributed by atoms with van der Waals surface area (Å²) < 4.78 is 61.7. The maximum atomic E-state index is 13.0. The Bertz CT molecular complexity index is 982. The highest BCUT2D eigenvalue weighted by Crippen LogP contribution is 2.33.